The Kier molecular flexibility index (Phi) is 3.72. The zero-order valence-electron chi connectivity index (χ0n) is 9.82. The van der Waals surface area contributed by atoms with Crippen LogP contribution in [0.5, 0.6) is 0 Å². The van der Waals surface area contributed by atoms with Crippen LogP contribution in [0.2, 0.25) is 5.02 Å². The van der Waals surface area contributed by atoms with Crippen LogP contribution < -0.4 is 5.73 Å². The van der Waals surface area contributed by atoms with Gasteiger partial charge in [-0.25, -0.2) is 9.37 Å². The third kappa shape index (κ3) is 2.73. The van der Waals surface area contributed by atoms with Crippen molar-refractivity contribution in [3.05, 3.63) is 34.9 Å². The van der Waals surface area contributed by atoms with Crippen LogP contribution in [0.25, 0.3) is 11.4 Å². The summed E-state index contributed by atoms with van der Waals surface area (Å²) in [5.41, 5.74) is 6.17. The molecule has 0 unspecified atom stereocenters. The van der Waals surface area contributed by atoms with Gasteiger partial charge in [0.15, 0.2) is 5.82 Å². The van der Waals surface area contributed by atoms with Crippen molar-refractivity contribution >= 4 is 17.5 Å². The van der Waals surface area contributed by atoms with E-state index in [9.17, 15) is 4.39 Å². The van der Waals surface area contributed by atoms with Gasteiger partial charge in [0.2, 0.25) is 5.95 Å². The molecule has 0 radical (unpaired) electrons. The Morgan fingerprint density at radius 3 is 2.72 bits per heavy atom. The number of aryl methyl sites for hydroxylation is 1. The Bertz CT molecular complexity index is 574. The zero-order chi connectivity index (χ0) is 13.1. The second kappa shape index (κ2) is 5.27. The minimum absolute atomic E-state index is 0.142. The average Bonchev–Trinajstić information content (AvgIpc) is 2.28. The third-order valence-corrected chi connectivity index (χ3v) is 2.66. The first-order valence-electron chi connectivity index (χ1n) is 5.56. The van der Waals surface area contributed by atoms with Crippen molar-refractivity contribution in [1.82, 2.24) is 15.0 Å². The molecule has 1 aromatic carbocycles. The van der Waals surface area contributed by atoms with Crippen LogP contribution in [0, 0.1) is 5.82 Å². The number of aromatic nitrogens is 3. The summed E-state index contributed by atoms with van der Waals surface area (Å²) in [5.74, 6) is 0.722. The molecule has 4 nitrogen and oxygen atoms in total. The molecule has 6 heteroatoms. The van der Waals surface area contributed by atoms with Gasteiger partial charge in [-0.2, -0.15) is 9.97 Å². The van der Waals surface area contributed by atoms with E-state index in [2.05, 4.69) is 15.0 Å². The summed E-state index contributed by atoms with van der Waals surface area (Å²) in [4.78, 5) is 12.3. The summed E-state index contributed by atoms with van der Waals surface area (Å²) in [6.45, 7) is 2.02. The Balaban J connectivity index is 2.49. The summed E-state index contributed by atoms with van der Waals surface area (Å²) in [6, 6.07) is 4.05. The minimum Gasteiger partial charge on any atom is -0.368 e. The summed E-state index contributed by atoms with van der Waals surface area (Å²) in [5, 5.41) is 0.253. The quantitative estimate of drug-likeness (QED) is 0.928. The van der Waals surface area contributed by atoms with Gasteiger partial charge < -0.3 is 5.73 Å². The number of benzene rings is 1. The number of rotatable bonds is 3. The molecule has 0 aliphatic rings. The van der Waals surface area contributed by atoms with Gasteiger partial charge in [0.1, 0.15) is 11.6 Å². The predicted octanol–water partition coefficient (Wildman–Crippen LogP) is 2.87. The van der Waals surface area contributed by atoms with Crippen molar-refractivity contribution in [3.63, 3.8) is 0 Å². The Morgan fingerprint density at radius 2 is 2.06 bits per heavy atom. The minimum atomic E-state index is -0.403. The van der Waals surface area contributed by atoms with E-state index >= 15 is 0 Å². The molecule has 2 N–H and O–H groups in total. The van der Waals surface area contributed by atoms with Gasteiger partial charge in [0, 0.05) is 12.0 Å². The van der Waals surface area contributed by atoms with Crippen molar-refractivity contribution in [2.45, 2.75) is 19.8 Å². The highest BCUT2D eigenvalue weighted by atomic mass is 35.5. The van der Waals surface area contributed by atoms with Crippen molar-refractivity contribution in [3.8, 4) is 11.4 Å². The maximum absolute atomic E-state index is 13.0. The fourth-order valence-corrected chi connectivity index (χ4v) is 1.82. The Labute approximate surface area is 109 Å². The summed E-state index contributed by atoms with van der Waals surface area (Å²) in [7, 11) is 0. The molecule has 0 aliphatic carbocycles. The molecule has 0 saturated heterocycles. The number of nitrogen functional groups attached to an aromatic ring is 1. The first-order chi connectivity index (χ1) is 8.60. The van der Waals surface area contributed by atoms with Gasteiger partial charge in [-0.15, -0.1) is 0 Å². The van der Waals surface area contributed by atoms with Gasteiger partial charge in [-0.3, -0.25) is 0 Å². The molecule has 18 heavy (non-hydrogen) atoms. The first kappa shape index (κ1) is 12.7. The first-order valence-corrected chi connectivity index (χ1v) is 5.93. The zero-order valence-corrected chi connectivity index (χ0v) is 10.6. The number of anilines is 1. The normalized spacial score (nSPS) is 10.6. The van der Waals surface area contributed by atoms with E-state index in [0.717, 1.165) is 6.42 Å². The smallest absolute Gasteiger partial charge is 0.223 e. The van der Waals surface area contributed by atoms with Crippen molar-refractivity contribution in [1.29, 1.82) is 0 Å². The molecule has 0 amide bonds. The highest BCUT2D eigenvalue weighted by Crippen LogP contribution is 2.26. The standard InChI is InChI=1S/C12H12ClFN4/c1-2-3-10-16-11(18-12(15)17-10)8-5-4-7(14)6-9(8)13/h4-6H,2-3H2,1H3,(H2,15,16,17,18). The van der Waals surface area contributed by atoms with E-state index in [4.69, 9.17) is 17.3 Å². The molecule has 0 atom stereocenters. The van der Waals surface area contributed by atoms with E-state index < -0.39 is 5.82 Å². The molecule has 0 bridgehead atoms. The lowest BCUT2D eigenvalue weighted by Crippen LogP contribution is -2.05. The van der Waals surface area contributed by atoms with E-state index in [1.165, 1.54) is 18.2 Å². The van der Waals surface area contributed by atoms with Gasteiger partial charge in [-0.1, -0.05) is 18.5 Å². The van der Waals surface area contributed by atoms with Crippen LogP contribution in [-0.4, -0.2) is 15.0 Å². The summed E-state index contributed by atoms with van der Waals surface area (Å²) >= 11 is 5.96. The van der Waals surface area contributed by atoms with E-state index in [-0.39, 0.29) is 11.0 Å². The monoisotopic (exact) mass is 266 g/mol. The SMILES string of the molecule is CCCc1nc(N)nc(-c2ccc(F)cc2Cl)n1. The molecule has 1 aromatic heterocycles. The topological polar surface area (TPSA) is 64.7 Å². The Morgan fingerprint density at radius 1 is 1.28 bits per heavy atom. The maximum Gasteiger partial charge on any atom is 0.223 e. The summed E-state index contributed by atoms with van der Waals surface area (Å²) in [6.07, 6.45) is 1.61. The number of nitrogens with zero attached hydrogens (tertiary/aromatic N) is 3. The second-order valence-corrected chi connectivity index (χ2v) is 4.21. The predicted molar refractivity (Wildman–Crippen MR) is 68.6 cm³/mol. The summed E-state index contributed by atoms with van der Waals surface area (Å²) < 4.78 is 13.0. The molecule has 94 valence electrons. The molecule has 0 fully saturated rings. The number of hydrogen-bond acceptors (Lipinski definition) is 4. The van der Waals surface area contributed by atoms with E-state index in [0.29, 0.717) is 23.6 Å². The molecule has 2 aromatic rings. The molecular formula is C12H12ClFN4. The molecule has 0 aliphatic heterocycles. The molecular weight excluding hydrogens is 255 g/mol. The van der Waals surface area contributed by atoms with Crippen LogP contribution in [-0.2, 0) is 6.42 Å². The Hall–Kier alpha value is -1.75. The van der Waals surface area contributed by atoms with Gasteiger partial charge in [0.25, 0.3) is 0 Å². The lowest BCUT2D eigenvalue weighted by Gasteiger charge is -2.06. The van der Waals surface area contributed by atoms with E-state index in [1.807, 2.05) is 6.92 Å². The van der Waals surface area contributed by atoms with Crippen molar-refractivity contribution < 1.29 is 4.39 Å². The van der Waals surface area contributed by atoms with Gasteiger partial charge >= 0.3 is 0 Å². The van der Waals surface area contributed by atoms with Crippen molar-refractivity contribution in [2.24, 2.45) is 0 Å². The fraction of sp³-hybridized carbons (Fsp3) is 0.250. The van der Waals surface area contributed by atoms with E-state index in [1.54, 1.807) is 0 Å². The lowest BCUT2D eigenvalue weighted by atomic mass is 10.2. The number of nitrogens with two attached hydrogens (primary N) is 1. The fourth-order valence-electron chi connectivity index (χ4n) is 1.56. The van der Waals surface area contributed by atoms with Crippen LogP contribution in [0.4, 0.5) is 10.3 Å². The van der Waals surface area contributed by atoms with Crippen molar-refractivity contribution in [2.75, 3.05) is 5.73 Å². The number of hydrogen-bond donors (Lipinski definition) is 1. The van der Waals surface area contributed by atoms with Crippen LogP contribution in [0.1, 0.15) is 19.2 Å². The number of halogens is 2. The lowest BCUT2D eigenvalue weighted by molar-refractivity contribution is 0.628. The molecule has 0 saturated carbocycles. The van der Waals surface area contributed by atoms with Crippen LogP contribution >= 0.6 is 11.6 Å². The maximum atomic E-state index is 13.0. The molecule has 2 rings (SSSR count). The van der Waals surface area contributed by atoms with Crippen LogP contribution in [0.3, 0.4) is 0 Å². The largest absolute Gasteiger partial charge is 0.368 e. The molecule has 1 heterocycles. The molecule has 0 spiro atoms. The third-order valence-electron chi connectivity index (χ3n) is 2.34. The van der Waals surface area contributed by atoms with Gasteiger partial charge in [-0.05, 0) is 24.6 Å². The highest BCUT2D eigenvalue weighted by Gasteiger charge is 2.10. The second-order valence-electron chi connectivity index (χ2n) is 3.81. The average molecular weight is 267 g/mol. The highest BCUT2D eigenvalue weighted by molar-refractivity contribution is 6.33. The van der Waals surface area contributed by atoms with Crippen LogP contribution in [0.15, 0.2) is 18.2 Å². The van der Waals surface area contributed by atoms with Gasteiger partial charge in [0.05, 0.1) is 5.02 Å².